The summed E-state index contributed by atoms with van der Waals surface area (Å²) in [6.45, 7) is 2.15. The molecule has 0 bridgehead atoms. The third kappa shape index (κ3) is 5.06. The maximum absolute atomic E-state index is 13.0. The molecule has 2 aromatic carbocycles. The van der Waals surface area contributed by atoms with Crippen LogP contribution in [0.5, 0.6) is 0 Å². The number of hydrogen-bond donors (Lipinski definition) is 2. The molecule has 0 fully saturated rings. The Labute approximate surface area is 187 Å². The van der Waals surface area contributed by atoms with Crippen molar-refractivity contribution in [2.45, 2.75) is 25.6 Å². The molecule has 0 saturated heterocycles. The lowest BCUT2D eigenvalue weighted by molar-refractivity contribution is -0.139. The van der Waals surface area contributed by atoms with Gasteiger partial charge in [0.05, 0.1) is 6.04 Å². The second kappa shape index (κ2) is 9.78. The average molecular weight is 435 g/mol. The van der Waals surface area contributed by atoms with E-state index in [1.54, 1.807) is 12.1 Å². The molecule has 6 nitrogen and oxygen atoms in total. The lowest BCUT2D eigenvalue weighted by atomic mass is 9.98. The lowest BCUT2D eigenvalue weighted by Gasteiger charge is -2.36. The van der Waals surface area contributed by atoms with Crippen molar-refractivity contribution in [3.63, 3.8) is 0 Å². The Hall–Kier alpha value is -3.45. The van der Waals surface area contributed by atoms with E-state index in [0.717, 1.165) is 30.8 Å². The first-order chi connectivity index (χ1) is 15.5. The number of nitrogens with one attached hydrogen (secondary N) is 2. The van der Waals surface area contributed by atoms with E-state index in [2.05, 4.69) is 33.7 Å². The lowest BCUT2D eigenvalue weighted by Crippen LogP contribution is -2.45. The third-order valence-corrected chi connectivity index (χ3v) is 5.95. The van der Waals surface area contributed by atoms with Gasteiger partial charge >= 0.3 is 11.8 Å². The number of hydrogen-bond acceptors (Lipinski definition) is 3. The van der Waals surface area contributed by atoms with Crippen LogP contribution in [0.4, 0.5) is 4.39 Å². The Morgan fingerprint density at radius 1 is 0.969 bits per heavy atom. The van der Waals surface area contributed by atoms with Gasteiger partial charge < -0.3 is 15.2 Å². The first-order valence-corrected chi connectivity index (χ1v) is 10.7. The first-order valence-electron chi connectivity index (χ1n) is 10.7. The number of fused-ring (bicyclic) bond motifs is 1. The molecule has 0 unspecified atom stereocenters. The van der Waals surface area contributed by atoms with Gasteiger partial charge in [-0.05, 0) is 47.4 Å². The molecule has 4 rings (SSSR count). The molecule has 2 amide bonds. The van der Waals surface area contributed by atoms with E-state index in [1.807, 2.05) is 36.0 Å². The van der Waals surface area contributed by atoms with E-state index in [-0.39, 0.29) is 18.4 Å². The van der Waals surface area contributed by atoms with Gasteiger partial charge in [-0.3, -0.25) is 14.5 Å². The minimum Gasteiger partial charge on any atom is -0.353 e. The molecule has 0 aliphatic carbocycles. The van der Waals surface area contributed by atoms with E-state index < -0.39 is 11.8 Å². The minimum absolute atomic E-state index is 0.0581. The highest BCUT2D eigenvalue weighted by atomic mass is 19.1. The smallest absolute Gasteiger partial charge is 0.309 e. The number of nitrogens with zero attached hydrogens (tertiary/aromatic N) is 2. The molecule has 7 heteroatoms. The number of amides is 2. The predicted octanol–water partition coefficient (Wildman–Crippen LogP) is 2.70. The van der Waals surface area contributed by atoms with Crippen LogP contribution in [0, 0.1) is 5.82 Å². The van der Waals surface area contributed by atoms with Crippen LogP contribution in [0.3, 0.4) is 0 Å². The summed E-state index contributed by atoms with van der Waals surface area (Å²) < 4.78 is 15.1. The van der Waals surface area contributed by atoms with Crippen molar-refractivity contribution in [3.8, 4) is 0 Å². The molecule has 0 spiro atoms. The van der Waals surface area contributed by atoms with Gasteiger partial charge in [-0.1, -0.05) is 36.4 Å². The van der Waals surface area contributed by atoms with Crippen molar-refractivity contribution in [3.05, 3.63) is 95.1 Å². The van der Waals surface area contributed by atoms with Crippen LogP contribution in [0.2, 0.25) is 0 Å². The maximum Gasteiger partial charge on any atom is 0.309 e. The number of halogens is 1. The molecule has 2 N–H and O–H groups in total. The zero-order valence-electron chi connectivity index (χ0n) is 18.1. The van der Waals surface area contributed by atoms with Gasteiger partial charge in [0.1, 0.15) is 5.82 Å². The van der Waals surface area contributed by atoms with Gasteiger partial charge in [0, 0.05) is 45.1 Å². The highest BCUT2D eigenvalue weighted by Gasteiger charge is 2.27. The Bertz CT molecular complexity index is 1090. The second-order valence-corrected chi connectivity index (χ2v) is 8.07. The van der Waals surface area contributed by atoms with Crippen molar-refractivity contribution in [1.29, 1.82) is 0 Å². The minimum atomic E-state index is -0.705. The monoisotopic (exact) mass is 434 g/mol. The van der Waals surface area contributed by atoms with Gasteiger partial charge in [0.15, 0.2) is 0 Å². The molecule has 1 atom stereocenters. The van der Waals surface area contributed by atoms with E-state index in [1.165, 1.54) is 23.3 Å². The van der Waals surface area contributed by atoms with Crippen LogP contribution in [0.1, 0.15) is 28.4 Å². The predicted molar refractivity (Wildman–Crippen MR) is 120 cm³/mol. The zero-order valence-corrected chi connectivity index (χ0v) is 18.1. The van der Waals surface area contributed by atoms with Crippen LogP contribution < -0.4 is 10.6 Å². The molecule has 1 aliphatic heterocycles. The van der Waals surface area contributed by atoms with Crippen molar-refractivity contribution in [2.75, 3.05) is 13.1 Å². The number of aryl methyl sites for hydroxylation is 1. The topological polar surface area (TPSA) is 66.4 Å². The normalized spacial score (nSPS) is 14.4. The highest BCUT2D eigenvalue weighted by molar-refractivity contribution is 6.35. The number of benzene rings is 2. The maximum atomic E-state index is 13.0. The highest BCUT2D eigenvalue weighted by Crippen LogP contribution is 2.27. The van der Waals surface area contributed by atoms with Crippen LogP contribution >= 0.6 is 0 Å². The molecule has 3 aromatic rings. The van der Waals surface area contributed by atoms with Gasteiger partial charge in [0.2, 0.25) is 0 Å². The van der Waals surface area contributed by atoms with Gasteiger partial charge in [-0.2, -0.15) is 0 Å². The average Bonchev–Trinajstić information content (AvgIpc) is 3.24. The van der Waals surface area contributed by atoms with Crippen molar-refractivity contribution >= 4 is 11.8 Å². The number of carbonyl (C=O) groups is 2. The largest absolute Gasteiger partial charge is 0.353 e. The van der Waals surface area contributed by atoms with E-state index in [0.29, 0.717) is 6.54 Å². The fraction of sp³-hybridized carbons (Fsp3) is 0.280. The second-order valence-electron chi connectivity index (χ2n) is 8.07. The Kier molecular flexibility index (Phi) is 6.66. The standard InChI is InChI=1S/C25H27FN4O2/c1-29-13-4-7-22(29)23(30-14-12-19-5-2-3-6-20(19)17-30)16-28-25(32)24(31)27-15-18-8-10-21(26)11-9-18/h2-11,13,23H,12,14-17H2,1H3,(H,27,31)(H,28,32)/t23-/m1/s1. The molecule has 0 radical (unpaired) electrons. The third-order valence-electron chi connectivity index (χ3n) is 5.95. The molecule has 32 heavy (non-hydrogen) atoms. The van der Waals surface area contributed by atoms with Crippen LogP contribution in [0.25, 0.3) is 0 Å². The molecule has 1 aliphatic rings. The van der Waals surface area contributed by atoms with Crippen LogP contribution in [-0.4, -0.2) is 34.4 Å². The quantitative estimate of drug-likeness (QED) is 0.587. The molecule has 166 valence electrons. The van der Waals surface area contributed by atoms with Crippen molar-refractivity contribution in [2.24, 2.45) is 7.05 Å². The van der Waals surface area contributed by atoms with E-state index >= 15 is 0 Å². The number of rotatable bonds is 6. The Morgan fingerprint density at radius 3 is 2.41 bits per heavy atom. The SMILES string of the molecule is Cn1cccc1[C@@H](CNC(=O)C(=O)NCc1ccc(F)cc1)N1CCc2ccccc2C1. The summed E-state index contributed by atoms with van der Waals surface area (Å²) >= 11 is 0. The van der Waals surface area contributed by atoms with Gasteiger partial charge in [0.25, 0.3) is 0 Å². The van der Waals surface area contributed by atoms with Crippen molar-refractivity contribution < 1.29 is 14.0 Å². The fourth-order valence-corrected chi connectivity index (χ4v) is 4.16. The van der Waals surface area contributed by atoms with E-state index in [4.69, 9.17) is 0 Å². The summed E-state index contributed by atoms with van der Waals surface area (Å²) in [4.78, 5) is 27.1. The van der Waals surface area contributed by atoms with Gasteiger partial charge in [-0.25, -0.2) is 4.39 Å². The molecular formula is C25H27FN4O2. The summed E-state index contributed by atoms with van der Waals surface area (Å²) in [5.41, 5.74) is 4.46. The summed E-state index contributed by atoms with van der Waals surface area (Å²) in [5, 5.41) is 5.39. The molecule has 0 saturated carbocycles. The van der Waals surface area contributed by atoms with Crippen LogP contribution in [-0.2, 0) is 36.1 Å². The summed E-state index contributed by atoms with van der Waals surface area (Å²) in [7, 11) is 1.98. The Balaban J connectivity index is 1.39. The molecular weight excluding hydrogens is 407 g/mol. The molecule has 2 heterocycles. The summed E-state index contributed by atoms with van der Waals surface area (Å²) in [6.07, 6.45) is 2.93. The van der Waals surface area contributed by atoms with Crippen molar-refractivity contribution in [1.82, 2.24) is 20.1 Å². The van der Waals surface area contributed by atoms with Crippen LogP contribution in [0.15, 0.2) is 66.9 Å². The Morgan fingerprint density at radius 2 is 1.69 bits per heavy atom. The molecule has 1 aromatic heterocycles. The number of aromatic nitrogens is 1. The van der Waals surface area contributed by atoms with E-state index in [9.17, 15) is 14.0 Å². The van der Waals surface area contributed by atoms with Gasteiger partial charge in [-0.15, -0.1) is 0 Å². The number of carbonyl (C=O) groups excluding carboxylic acids is 2. The zero-order chi connectivity index (χ0) is 22.5. The summed E-state index contributed by atoms with van der Waals surface area (Å²) in [6, 6.07) is 18.2. The first kappa shape index (κ1) is 21.8. The fourth-order valence-electron chi connectivity index (χ4n) is 4.16. The summed E-state index contributed by atoms with van der Waals surface area (Å²) in [5.74, 6) is -1.72.